The predicted molar refractivity (Wildman–Crippen MR) is 86.4 cm³/mol. The van der Waals surface area contributed by atoms with E-state index >= 15 is 0 Å². The van der Waals surface area contributed by atoms with E-state index in [1.165, 1.54) is 5.69 Å². The molecule has 0 saturated carbocycles. The Balaban J connectivity index is 1.59. The van der Waals surface area contributed by atoms with Gasteiger partial charge in [0.2, 0.25) is 0 Å². The lowest BCUT2D eigenvalue weighted by Crippen LogP contribution is -2.26. The van der Waals surface area contributed by atoms with Gasteiger partial charge in [0, 0.05) is 36.1 Å². The molecule has 1 fully saturated rings. The summed E-state index contributed by atoms with van der Waals surface area (Å²) in [5, 5.41) is 12.1. The highest BCUT2D eigenvalue weighted by Crippen LogP contribution is 2.22. The van der Waals surface area contributed by atoms with Crippen molar-refractivity contribution in [3.63, 3.8) is 0 Å². The van der Waals surface area contributed by atoms with Crippen molar-refractivity contribution in [2.75, 3.05) is 23.3 Å². The summed E-state index contributed by atoms with van der Waals surface area (Å²) in [6.45, 7) is 2.00. The Morgan fingerprint density at radius 1 is 1.09 bits per heavy atom. The maximum absolute atomic E-state index is 11.3. The van der Waals surface area contributed by atoms with Gasteiger partial charge >= 0.3 is 0 Å². The molecule has 0 bridgehead atoms. The third kappa shape index (κ3) is 3.20. The fourth-order valence-electron chi connectivity index (χ4n) is 2.77. The third-order valence-electron chi connectivity index (χ3n) is 3.93. The van der Waals surface area contributed by atoms with Crippen LogP contribution >= 0.6 is 0 Å². The monoisotopic (exact) mass is 297 g/mol. The Kier molecular flexibility index (Phi) is 4.25. The van der Waals surface area contributed by atoms with Gasteiger partial charge in [-0.3, -0.25) is 10.0 Å². The Morgan fingerprint density at radius 2 is 1.82 bits per heavy atom. The maximum Gasteiger partial charge on any atom is 0.274 e. The molecule has 0 aromatic heterocycles. The van der Waals surface area contributed by atoms with Crippen LogP contribution in [0.4, 0.5) is 11.4 Å². The number of carbonyl (C=O) groups is 1. The number of hydrogen-bond acceptors (Lipinski definition) is 4. The van der Waals surface area contributed by atoms with E-state index in [9.17, 15) is 4.79 Å². The lowest BCUT2D eigenvalue weighted by Gasteiger charge is -2.19. The number of para-hydroxylation sites is 1. The summed E-state index contributed by atoms with van der Waals surface area (Å²) in [5.41, 5.74) is 4.30. The Morgan fingerprint density at radius 3 is 2.50 bits per heavy atom. The van der Waals surface area contributed by atoms with Gasteiger partial charge < -0.3 is 10.2 Å². The van der Waals surface area contributed by atoms with Crippen LogP contribution in [0.5, 0.6) is 0 Å². The van der Waals surface area contributed by atoms with Crippen molar-refractivity contribution in [3.05, 3.63) is 60.2 Å². The van der Waals surface area contributed by atoms with E-state index in [0.717, 1.165) is 25.2 Å². The van der Waals surface area contributed by atoms with Gasteiger partial charge in [0.1, 0.15) is 0 Å². The number of carbonyl (C=O) groups excluding carboxylic acids is 1. The van der Waals surface area contributed by atoms with Gasteiger partial charge in [0.15, 0.2) is 0 Å². The van der Waals surface area contributed by atoms with Gasteiger partial charge in [-0.1, -0.05) is 18.2 Å². The standard InChI is InChI=1S/C17H19N3O2/c21-17(19-22)13-6-8-14(9-7-13)18-15-10-11-20(12-15)16-4-2-1-3-5-16/h1-9,15,18,22H,10-12H2,(H,19,21). The zero-order chi connectivity index (χ0) is 15.4. The van der Waals surface area contributed by atoms with Crippen LogP contribution in [0.3, 0.4) is 0 Å². The molecule has 2 aromatic carbocycles. The van der Waals surface area contributed by atoms with Crippen molar-refractivity contribution in [2.45, 2.75) is 12.5 Å². The van der Waals surface area contributed by atoms with Crippen LogP contribution < -0.4 is 15.7 Å². The molecule has 1 amide bonds. The second-order valence-electron chi connectivity index (χ2n) is 5.43. The van der Waals surface area contributed by atoms with Gasteiger partial charge in [-0.15, -0.1) is 0 Å². The van der Waals surface area contributed by atoms with Gasteiger partial charge in [-0.2, -0.15) is 0 Å². The van der Waals surface area contributed by atoms with Gasteiger partial charge in [-0.05, 0) is 42.8 Å². The Hall–Kier alpha value is -2.53. The van der Waals surface area contributed by atoms with E-state index in [-0.39, 0.29) is 0 Å². The van der Waals surface area contributed by atoms with E-state index in [4.69, 9.17) is 5.21 Å². The molecule has 1 aliphatic heterocycles. The highest BCUT2D eigenvalue weighted by Gasteiger charge is 2.22. The largest absolute Gasteiger partial charge is 0.380 e. The molecule has 1 heterocycles. The second-order valence-corrected chi connectivity index (χ2v) is 5.43. The topological polar surface area (TPSA) is 64.6 Å². The highest BCUT2D eigenvalue weighted by molar-refractivity contribution is 5.93. The molecule has 1 aliphatic rings. The molecule has 0 aliphatic carbocycles. The number of nitrogens with one attached hydrogen (secondary N) is 2. The molecule has 0 spiro atoms. The fraction of sp³-hybridized carbons (Fsp3) is 0.235. The lowest BCUT2D eigenvalue weighted by atomic mass is 10.2. The van der Waals surface area contributed by atoms with Gasteiger partial charge in [-0.25, -0.2) is 5.48 Å². The highest BCUT2D eigenvalue weighted by atomic mass is 16.5. The summed E-state index contributed by atoms with van der Waals surface area (Å²) in [7, 11) is 0. The van der Waals surface area contributed by atoms with Crippen LogP contribution in [0.2, 0.25) is 0 Å². The molecule has 5 nitrogen and oxygen atoms in total. The summed E-state index contributed by atoms with van der Waals surface area (Å²) >= 11 is 0. The minimum atomic E-state index is -0.498. The summed E-state index contributed by atoms with van der Waals surface area (Å²) in [4.78, 5) is 13.6. The first-order chi connectivity index (χ1) is 10.8. The van der Waals surface area contributed by atoms with Crippen LogP contribution in [0, 0.1) is 0 Å². The molecule has 0 radical (unpaired) electrons. The average molecular weight is 297 g/mol. The molecule has 3 rings (SSSR count). The first kappa shape index (κ1) is 14.4. The fourth-order valence-corrected chi connectivity index (χ4v) is 2.77. The van der Waals surface area contributed by atoms with E-state index < -0.39 is 5.91 Å². The van der Waals surface area contributed by atoms with Crippen LogP contribution in [0.25, 0.3) is 0 Å². The number of rotatable bonds is 4. The molecule has 1 saturated heterocycles. The number of hydrogen-bond donors (Lipinski definition) is 3. The van der Waals surface area contributed by atoms with E-state index in [2.05, 4.69) is 34.5 Å². The normalized spacial score (nSPS) is 17.3. The van der Waals surface area contributed by atoms with Gasteiger partial charge in [0.05, 0.1) is 0 Å². The molecule has 2 aromatic rings. The molecule has 114 valence electrons. The Bertz CT molecular complexity index is 628. The zero-order valence-electron chi connectivity index (χ0n) is 12.2. The van der Waals surface area contributed by atoms with E-state index in [1.54, 1.807) is 17.6 Å². The maximum atomic E-state index is 11.3. The number of hydroxylamine groups is 1. The second kappa shape index (κ2) is 6.49. The number of benzene rings is 2. The lowest BCUT2D eigenvalue weighted by molar-refractivity contribution is 0.0706. The molecular weight excluding hydrogens is 278 g/mol. The summed E-state index contributed by atoms with van der Waals surface area (Å²) in [5.74, 6) is -0.498. The predicted octanol–water partition coefficient (Wildman–Crippen LogP) is 2.50. The van der Waals surface area contributed by atoms with Crippen LogP contribution in [0.1, 0.15) is 16.8 Å². The van der Waals surface area contributed by atoms with Gasteiger partial charge in [0.25, 0.3) is 5.91 Å². The van der Waals surface area contributed by atoms with E-state index in [0.29, 0.717) is 11.6 Å². The van der Waals surface area contributed by atoms with E-state index in [1.807, 2.05) is 18.2 Å². The molecule has 1 unspecified atom stereocenters. The summed E-state index contributed by atoms with van der Waals surface area (Å²) in [6.07, 6.45) is 1.08. The average Bonchev–Trinajstić information content (AvgIpc) is 3.04. The van der Waals surface area contributed by atoms with Crippen molar-refractivity contribution in [3.8, 4) is 0 Å². The van der Waals surface area contributed by atoms with Crippen molar-refractivity contribution in [1.82, 2.24) is 5.48 Å². The molecule has 5 heteroatoms. The quantitative estimate of drug-likeness (QED) is 0.599. The first-order valence-electron chi connectivity index (χ1n) is 7.37. The minimum absolute atomic E-state index is 0.387. The number of anilines is 2. The van der Waals surface area contributed by atoms with Crippen LogP contribution in [-0.2, 0) is 0 Å². The summed E-state index contributed by atoms with van der Waals surface area (Å²) < 4.78 is 0. The molecule has 22 heavy (non-hydrogen) atoms. The number of nitrogens with zero attached hydrogens (tertiary/aromatic N) is 1. The number of amides is 1. The third-order valence-corrected chi connectivity index (χ3v) is 3.93. The van der Waals surface area contributed by atoms with Crippen molar-refractivity contribution in [1.29, 1.82) is 0 Å². The zero-order valence-corrected chi connectivity index (χ0v) is 12.2. The van der Waals surface area contributed by atoms with Crippen molar-refractivity contribution >= 4 is 17.3 Å². The van der Waals surface area contributed by atoms with Crippen molar-refractivity contribution < 1.29 is 10.0 Å². The van der Waals surface area contributed by atoms with Crippen LogP contribution in [-0.4, -0.2) is 30.2 Å². The SMILES string of the molecule is O=C(NO)c1ccc(NC2CCN(c3ccccc3)C2)cc1. The molecular formula is C17H19N3O2. The summed E-state index contributed by atoms with van der Waals surface area (Å²) in [6, 6.07) is 17.9. The van der Waals surface area contributed by atoms with Crippen molar-refractivity contribution in [2.24, 2.45) is 0 Å². The smallest absolute Gasteiger partial charge is 0.274 e. The first-order valence-corrected chi connectivity index (χ1v) is 7.37. The Labute approximate surface area is 129 Å². The van der Waals surface area contributed by atoms with Crippen LogP contribution in [0.15, 0.2) is 54.6 Å². The molecule has 3 N–H and O–H groups in total. The molecule has 1 atom stereocenters. The minimum Gasteiger partial charge on any atom is -0.380 e.